The average Bonchev–Trinajstić information content (AvgIpc) is 3.32. The highest BCUT2D eigenvalue weighted by Gasteiger charge is 2.18. The molecular formula is C18H17N3O3S2. The molecule has 1 aliphatic rings. The maximum atomic E-state index is 12.8. The summed E-state index contributed by atoms with van der Waals surface area (Å²) in [7, 11) is 1.32. The molecule has 0 spiro atoms. The number of ether oxygens (including phenoxy) is 1. The zero-order valence-electron chi connectivity index (χ0n) is 14.3. The highest BCUT2D eigenvalue weighted by molar-refractivity contribution is 7.17. The van der Waals surface area contributed by atoms with Gasteiger partial charge in [-0.15, -0.1) is 22.7 Å². The molecule has 0 fully saturated rings. The van der Waals surface area contributed by atoms with Crippen LogP contribution in [-0.2, 0) is 4.74 Å². The summed E-state index contributed by atoms with van der Waals surface area (Å²) in [5.41, 5.74) is 2.14. The molecule has 0 unspecified atom stereocenters. The third-order valence-electron chi connectivity index (χ3n) is 3.61. The van der Waals surface area contributed by atoms with E-state index in [2.05, 4.69) is 26.1 Å². The van der Waals surface area contributed by atoms with E-state index in [-0.39, 0.29) is 5.78 Å². The Labute approximate surface area is 158 Å². The van der Waals surface area contributed by atoms with E-state index in [9.17, 15) is 9.59 Å². The third-order valence-corrected chi connectivity index (χ3v) is 5.45. The first-order valence-corrected chi connectivity index (χ1v) is 9.63. The Bertz CT molecular complexity index is 922. The summed E-state index contributed by atoms with van der Waals surface area (Å²) in [6.45, 7) is 1.97. The normalized spacial score (nSPS) is 19.6. The van der Waals surface area contributed by atoms with Gasteiger partial charge in [0, 0.05) is 22.9 Å². The van der Waals surface area contributed by atoms with Crippen LogP contribution in [0.5, 0.6) is 0 Å². The molecule has 2 aromatic rings. The van der Waals surface area contributed by atoms with Crippen molar-refractivity contribution in [2.24, 2.45) is 0 Å². The molecule has 0 amide bonds. The molecular weight excluding hydrogens is 370 g/mol. The second-order valence-electron chi connectivity index (χ2n) is 5.50. The van der Waals surface area contributed by atoms with Gasteiger partial charge in [-0.25, -0.2) is 14.8 Å². The van der Waals surface area contributed by atoms with Gasteiger partial charge >= 0.3 is 5.97 Å². The van der Waals surface area contributed by atoms with Crippen LogP contribution in [0.2, 0.25) is 0 Å². The van der Waals surface area contributed by atoms with E-state index in [1.807, 2.05) is 19.1 Å². The molecule has 0 atom stereocenters. The fraction of sp³-hybridized carbons (Fsp3) is 0.222. The summed E-state index contributed by atoms with van der Waals surface area (Å²) in [5, 5.41) is 5.86. The van der Waals surface area contributed by atoms with E-state index in [1.54, 1.807) is 11.6 Å². The number of hydrogen-bond donors (Lipinski definition) is 1. The summed E-state index contributed by atoms with van der Waals surface area (Å²) in [6, 6.07) is 0. The van der Waals surface area contributed by atoms with Crippen LogP contribution in [0.15, 0.2) is 47.3 Å². The summed E-state index contributed by atoms with van der Waals surface area (Å²) in [6.07, 6.45) is 10.9. The van der Waals surface area contributed by atoms with Gasteiger partial charge in [-0.3, -0.25) is 4.79 Å². The van der Waals surface area contributed by atoms with Crippen LogP contribution in [0.1, 0.15) is 39.2 Å². The Morgan fingerprint density at radius 1 is 1.31 bits per heavy atom. The number of Topliss-reactive ketones (excluding diaryl/α,β-unsaturated/α-hetero) is 1. The highest BCUT2D eigenvalue weighted by Crippen LogP contribution is 2.28. The van der Waals surface area contributed by atoms with Crippen molar-refractivity contribution in [2.75, 3.05) is 7.11 Å². The maximum Gasteiger partial charge on any atom is 0.349 e. The SMILES string of the molecule is COC(=O)c1cnc(-c2csc(C(=O)C3=C/N/C(C)=C/CC\C=C\3)n2)s1. The Kier molecular flexibility index (Phi) is 5.75. The first-order chi connectivity index (χ1) is 12.6. The summed E-state index contributed by atoms with van der Waals surface area (Å²) in [4.78, 5) is 33.3. The van der Waals surface area contributed by atoms with Crippen molar-refractivity contribution in [3.05, 3.63) is 57.2 Å². The fourth-order valence-corrected chi connectivity index (χ4v) is 3.87. The van der Waals surface area contributed by atoms with Crippen LogP contribution >= 0.6 is 22.7 Å². The lowest BCUT2D eigenvalue weighted by atomic mass is 10.1. The molecule has 0 aromatic carbocycles. The minimum atomic E-state index is -0.435. The van der Waals surface area contributed by atoms with E-state index in [1.165, 1.54) is 36.0 Å². The molecule has 0 saturated heterocycles. The number of hydrogen-bond acceptors (Lipinski definition) is 8. The molecule has 0 saturated carbocycles. The number of carbonyl (C=O) groups is 2. The maximum absolute atomic E-state index is 12.8. The molecule has 1 aliphatic heterocycles. The van der Waals surface area contributed by atoms with Gasteiger partial charge in [-0.1, -0.05) is 18.2 Å². The van der Waals surface area contributed by atoms with Crippen LogP contribution in [-0.4, -0.2) is 28.8 Å². The van der Waals surface area contributed by atoms with Gasteiger partial charge in [0.25, 0.3) is 0 Å². The lowest BCUT2D eigenvalue weighted by molar-refractivity contribution is 0.0606. The van der Waals surface area contributed by atoms with E-state index in [0.29, 0.717) is 26.2 Å². The zero-order valence-corrected chi connectivity index (χ0v) is 15.9. The molecule has 3 heterocycles. The minimum absolute atomic E-state index is 0.149. The second-order valence-corrected chi connectivity index (χ2v) is 7.39. The second kappa shape index (κ2) is 8.20. The number of aromatic nitrogens is 2. The van der Waals surface area contributed by atoms with Gasteiger partial charge in [0.2, 0.25) is 5.78 Å². The third kappa shape index (κ3) is 4.14. The Balaban J connectivity index is 1.82. The minimum Gasteiger partial charge on any atom is -0.465 e. The van der Waals surface area contributed by atoms with Crippen LogP contribution < -0.4 is 5.32 Å². The van der Waals surface area contributed by atoms with E-state index >= 15 is 0 Å². The first kappa shape index (κ1) is 18.2. The summed E-state index contributed by atoms with van der Waals surface area (Å²) >= 11 is 2.45. The Morgan fingerprint density at radius 3 is 2.96 bits per heavy atom. The van der Waals surface area contributed by atoms with Crippen molar-refractivity contribution in [3.63, 3.8) is 0 Å². The quantitative estimate of drug-likeness (QED) is 0.632. The molecule has 134 valence electrons. The molecule has 3 rings (SSSR count). The van der Waals surface area contributed by atoms with E-state index in [4.69, 9.17) is 0 Å². The zero-order chi connectivity index (χ0) is 18.5. The Hall–Kier alpha value is -2.58. The van der Waals surface area contributed by atoms with Gasteiger partial charge in [0.05, 0.1) is 13.3 Å². The topological polar surface area (TPSA) is 81.2 Å². The lowest BCUT2D eigenvalue weighted by Gasteiger charge is -2.02. The smallest absolute Gasteiger partial charge is 0.349 e. The number of allylic oxidation sites excluding steroid dienone is 5. The van der Waals surface area contributed by atoms with Crippen LogP contribution in [0.4, 0.5) is 0 Å². The average molecular weight is 387 g/mol. The van der Waals surface area contributed by atoms with Gasteiger partial charge < -0.3 is 10.1 Å². The molecule has 0 bridgehead atoms. The number of rotatable bonds is 4. The fourth-order valence-electron chi connectivity index (χ4n) is 2.23. The number of methoxy groups -OCH3 is 1. The van der Waals surface area contributed by atoms with Crippen molar-refractivity contribution in [3.8, 4) is 10.7 Å². The summed E-state index contributed by atoms with van der Waals surface area (Å²) in [5.74, 6) is -0.583. The van der Waals surface area contributed by atoms with Crippen molar-refractivity contribution < 1.29 is 14.3 Å². The summed E-state index contributed by atoms with van der Waals surface area (Å²) < 4.78 is 4.68. The van der Waals surface area contributed by atoms with Crippen LogP contribution in [0.3, 0.4) is 0 Å². The number of nitrogens with zero attached hydrogens (tertiary/aromatic N) is 2. The largest absolute Gasteiger partial charge is 0.465 e. The van der Waals surface area contributed by atoms with Crippen LogP contribution in [0.25, 0.3) is 10.7 Å². The molecule has 6 nitrogen and oxygen atoms in total. The van der Waals surface area contributed by atoms with Crippen molar-refractivity contribution in [1.29, 1.82) is 0 Å². The molecule has 8 heteroatoms. The number of thiazole rings is 2. The van der Waals surface area contributed by atoms with Gasteiger partial charge in [0.1, 0.15) is 15.6 Å². The van der Waals surface area contributed by atoms with Gasteiger partial charge in [0.15, 0.2) is 5.01 Å². The van der Waals surface area contributed by atoms with E-state index < -0.39 is 5.97 Å². The number of esters is 1. The van der Waals surface area contributed by atoms with E-state index in [0.717, 1.165) is 18.5 Å². The standard InChI is InChI=1S/C18H17N3O3S2/c1-11-6-4-3-5-7-12(8-19-11)15(22)17-21-13(10-25-17)16-20-9-14(26-16)18(23)24-2/h5-10,19H,3-4H2,1-2H3/b7-5+,11-6+,12-8+. The van der Waals surface area contributed by atoms with Crippen molar-refractivity contribution in [2.45, 2.75) is 19.8 Å². The predicted octanol–water partition coefficient (Wildman–Crippen LogP) is 3.96. The monoisotopic (exact) mass is 387 g/mol. The first-order valence-electron chi connectivity index (χ1n) is 7.93. The Morgan fingerprint density at radius 2 is 2.15 bits per heavy atom. The van der Waals surface area contributed by atoms with Gasteiger partial charge in [-0.2, -0.15) is 0 Å². The lowest BCUT2D eigenvalue weighted by Crippen LogP contribution is -2.08. The molecule has 2 aromatic heterocycles. The number of nitrogens with one attached hydrogen (secondary N) is 1. The van der Waals surface area contributed by atoms with Crippen molar-refractivity contribution >= 4 is 34.4 Å². The number of ketones is 1. The van der Waals surface area contributed by atoms with Gasteiger partial charge in [-0.05, 0) is 19.8 Å². The number of carbonyl (C=O) groups excluding carboxylic acids is 2. The highest BCUT2D eigenvalue weighted by atomic mass is 32.1. The van der Waals surface area contributed by atoms with Crippen molar-refractivity contribution in [1.82, 2.24) is 15.3 Å². The predicted molar refractivity (Wildman–Crippen MR) is 102 cm³/mol. The molecule has 0 aliphatic carbocycles. The molecule has 26 heavy (non-hydrogen) atoms. The molecule has 1 N–H and O–H groups in total. The molecule has 0 radical (unpaired) electrons. The van der Waals surface area contributed by atoms with Crippen LogP contribution in [0, 0.1) is 0 Å².